The van der Waals surface area contributed by atoms with Gasteiger partial charge in [-0.1, -0.05) is 66.7 Å². The van der Waals surface area contributed by atoms with Crippen molar-refractivity contribution >= 4 is 5.65 Å². The summed E-state index contributed by atoms with van der Waals surface area (Å²) in [5, 5.41) is 0. The molecule has 0 spiro atoms. The van der Waals surface area contributed by atoms with Crippen molar-refractivity contribution in [2.75, 3.05) is 0 Å². The molecule has 162 valence electrons. The molecule has 33 heavy (non-hydrogen) atoms. The van der Waals surface area contributed by atoms with Crippen LogP contribution >= 0.6 is 0 Å². The molecule has 5 aromatic rings. The molecule has 0 bridgehead atoms. The number of pyridine rings is 1. The molecular weight excluding hydrogens is 409 g/mol. The molecule has 3 nitrogen and oxygen atoms in total. The quantitative estimate of drug-likeness (QED) is 0.338. The summed E-state index contributed by atoms with van der Waals surface area (Å²) in [6, 6.07) is 29.5. The van der Waals surface area contributed by atoms with Gasteiger partial charge >= 0.3 is 0 Å². The Bertz CT molecular complexity index is 1450. The average Bonchev–Trinajstić information content (AvgIpc) is 3.23. The minimum absolute atomic E-state index is 0.190. The van der Waals surface area contributed by atoms with Crippen molar-refractivity contribution in [3.05, 3.63) is 109 Å². The Hall–Kier alpha value is -3.76. The largest absolute Gasteiger partial charge is 0.321 e. The van der Waals surface area contributed by atoms with Crippen LogP contribution in [0.5, 0.6) is 0 Å². The van der Waals surface area contributed by atoms with E-state index in [0.717, 1.165) is 52.1 Å². The highest BCUT2D eigenvalue weighted by Crippen LogP contribution is 2.40. The summed E-state index contributed by atoms with van der Waals surface area (Å²) >= 11 is 0. The van der Waals surface area contributed by atoms with Gasteiger partial charge in [-0.2, -0.15) is 0 Å². The highest BCUT2D eigenvalue weighted by molar-refractivity contribution is 5.87. The van der Waals surface area contributed by atoms with Crippen LogP contribution in [0.15, 0.2) is 97.2 Å². The summed E-state index contributed by atoms with van der Waals surface area (Å²) < 4.78 is 16.1. The number of imidazole rings is 1. The molecule has 0 radical (unpaired) electrons. The molecule has 6 rings (SSSR count). The topological polar surface area (TPSA) is 43.3 Å². The summed E-state index contributed by atoms with van der Waals surface area (Å²) in [7, 11) is 0. The Morgan fingerprint density at radius 3 is 2.24 bits per heavy atom. The molecule has 0 amide bonds. The van der Waals surface area contributed by atoms with E-state index in [9.17, 15) is 4.39 Å². The molecule has 1 aliphatic carbocycles. The van der Waals surface area contributed by atoms with Gasteiger partial charge in [0.2, 0.25) is 0 Å². The zero-order valence-electron chi connectivity index (χ0n) is 18.2. The number of rotatable bonds is 4. The second-order valence-electron chi connectivity index (χ2n) is 8.89. The number of hydrogen-bond acceptors (Lipinski definition) is 2. The van der Waals surface area contributed by atoms with E-state index >= 15 is 0 Å². The van der Waals surface area contributed by atoms with Crippen molar-refractivity contribution in [3.63, 3.8) is 0 Å². The number of halogens is 1. The SMILES string of the molecule is NC1(c2ccc(-c3nc4c(-c5cccc(F)c5)cccn4c3-c3ccccc3)cc2)CCC1. The standard InChI is InChI=1S/C29H24FN3/c30-24-10-4-9-22(19-24)25-11-5-18-33-27(21-7-2-1-3-8-21)26(32-28(25)33)20-12-14-23(15-13-20)29(31)16-6-17-29/h1-5,7-15,18-19H,6,16-17,31H2. The molecule has 2 aromatic heterocycles. The van der Waals surface area contributed by atoms with E-state index < -0.39 is 0 Å². The van der Waals surface area contributed by atoms with Crippen LogP contribution in [0.25, 0.3) is 39.3 Å². The number of aromatic nitrogens is 2. The molecule has 1 saturated carbocycles. The van der Waals surface area contributed by atoms with Gasteiger partial charge in [-0.05, 0) is 54.7 Å². The lowest BCUT2D eigenvalue weighted by atomic mass is 9.72. The second-order valence-corrected chi connectivity index (χ2v) is 8.89. The van der Waals surface area contributed by atoms with E-state index in [1.165, 1.54) is 18.1 Å². The van der Waals surface area contributed by atoms with Crippen LogP contribution in [0.4, 0.5) is 4.39 Å². The Labute approximate surface area is 192 Å². The van der Waals surface area contributed by atoms with Crippen molar-refractivity contribution in [1.29, 1.82) is 0 Å². The smallest absolute Gasteiger partial charge is 0.145 e. The van der Waals surface area contributed by atoms with Gasteiger partial charge in [0.15, 0.2) is 0 Å². The molecule has 3 aromatic carbocycles. The summed E-state index contributed by atoms with van der Waals surface area (Å²) in [6.45, 7) is 0. The maximum absolute atomic E-state index is 14.0. The molecule has 0 unspecified atom stereocenters. The van der Waals surface area contributed by atoms with E-state index in [4.69, 9.17) is 10.7 Å². The van der Waals surface area contributed by atoms with Crippen LogP contribution in [0.1, 0.15) is 24.8 Å². The summed E-state index contributed by atoms with van der Waals surface area (Å²) in [4.78, 5) is 5.10. The third-order valence-corrected chi connectivity index (χ3v) is 6.81. The molecule has 4 heteroatoms. The van der Waals surface area contributed by atoms with Gasteiger partial charge in [0, 0.05) is 28.4 Å². The van der Waals surface area contributed by atoms with Crippen molar-refractivity contribution in [3.8, 4) is 33.6 Å². The van der Waals surface area contributed by atoms with Crippen LogP contribution < -0.4 is 5.73 Å². The van der Waals surface area contributed by atoms with E-state index in [1.807, 2.05) is 42.6 Å². The van der Waals surface area contributed by atoms with Crippen molar-refractivity contribution in [1.82, 2.24) is 9.38 Å². The van der Waals surface area contributed by atoms with Gasteiger partial charge in [0.05, 0.1) is 11.4 Å². The number of nitrogens with two attached hydrogens (primary N) is 1. The normalized spacial score (nSPS) is 14.8. The lowest BCUT2D eigenvalue weighted by molar-refractivity contribution is 0.253. The van der Waals surface area contributed by atoms with E-state index in [0.29, 0.717) is 0 Å². The first kappa shape index (κ1) is 19.9. The van der Waals surface area contributed by atoms with Crippen LogP contribution in [-0.4, -0.2) is 9.38 Å². The van der Waals surface area contributed by atoms with Gasteiger partial charge in [-0.25, -0.2) is 9.37 Å². The predicted molar refractivity (Wildman–Crippen MR) is 131 cm³/mol. The molecule has 0 aliphatic heterocycles. The molecular formula is C29H24FN3. The zero-order valence-corrected chi connectivity index (χ0v) is 18.2. The third-order valence-electron chi connectivity index (χ3n) is 6.81. The van der Waals surface area contributed by atoms with Crippen LogP contribution in [0, 0.1) is 5.82 Å². The van der Waals surface area contributed by atoms with Gasteiger partial charge in [0.25, 0.3) is 0 Å². The minimum Gasteiger partial charge on any atom is -0.321 e. The Balaban J connectivity index is 1.57. The summed E-state index contributed by atoms with van der Waals surface area (Å²) in [5.41, 5.74) is 14.1. The monoisotopic (exact) mass is 433 g/mol. The summed E-state index contributed by atoms with van der Waals surface area (Å²) in [6.07, 6.45) is 5.28. The van der Waals surface area contributed by atoms with E-state index in [-0.39, 0.29) is 11.4 Å². The predicted octanol–water partition coefficient (Wildman–Crippen LogP) is 6.81. The Morgan fingerprint density at radius 2 is 1.55 bits per heavy atom. The molecule has 0 atom stereocenters. The average molecular weight is 434 g/mol. The summed E-state index contributed by atoms with van der Waals surface area (Å²) in [5.74, 6) is -0.258. The van der Waals surface area contributed by atoms with E-state index in [2.05, 4.69) is 40.8 Å². The van der Waals surface area contributed by atoms with Gasteiger partial charge in [-0.15, -0.1) is 0 Å². The van der Waals surface area contributed by atoms with Gasteiger partial charge in [0.1, 0.15) is 11.5 Å². The van der Waals surface area contributed by atoms with Crippen molar-refractivity contribution < 1.29 is 4.39 Å². The first-order valence-corrected chi connectivity index (χ1v) is 11.3. The second kappa shape index (κ2) is 7.68. The van der Waals surface area contributed by atoms with Crippen LogP contribution in [0.2, 0.25) is 0 Å². The fourth-order valence-corrected chi connectivity index (χ4v) is 4.83. The zero-order chi connectivity index (χ0) is 22.4. The first-order valence-electron chi connectivity index (χ1n) is 11.3. The molecule has 1 aliphatic rings. The van der Waals surface area contributed by atoms with Gasteiger partial charge in [-0.3, -0.25) is 4.40 Å². The Morgan fingerprint density at radius 1 is 0.788 bits per heavy atom. The van der Waals surface area contributed by atoms with E-state index in [1.54, 1.807) is 12.1 Å². The maximum Gasteiger partial charge on any atom is 0.145 e. The molecule has 1 fully saturated rings. The fraction of sp³-hybridized carbons (Fsp3) is 0.138. The fourth-order valence-electron chi connectivity index (χ4n) is 4.83. The molecule has 2 heterocycles. The molecule has 2 N–H and O–H groups in total. The maximum atomic E-state index is 14.0. The number of benzene rings is 3. The number of hydrogen-bond donors (Lipinski definition) is 1. The van der Waals surface area contributed by atoms with Crippen LogP contribution in [0.3, 0.4) is 0 Å². The van der Waals surface area contributed by atoms with Crippen molar-refractivity contribution in [2.45, 2.75) is 24.8 Å². The first-order chi connectivity index (χ1) is 16.1. The number of nitrogens with zero attached hydrogens (tertiary/aromatic N) is 2. The highest BCUT2D eigenvalue weighted by Gasteiger charge is 2.34. The van der Waals surface area contributed by atoms with Gasteiger partial charge < -0.3 is 5.73 Å². The third kappa shape index (κ3) is 3.35. The lowest BCUT2D eigenvalue weighted by Crippen LogP contribution is -2.43. The van der Waals surface area contributed by atoms with Crippen molar-refractivity contribution in [2.24, 2.45) is 5.73 Å². The van der Waals surface area contributed by atoms with Crippen LogP contribution in [-0.2, 0) is 5.54 Å². The minimum atomic E-state index is -0.258. The Kier molecular flexibility index (Phi) is 4.63. The highest BCUT2D eigenvalue weighted by atomic mass is 19.1. The lowest BCUT2D eigenvalue weighted by Gasteiger charge is -2.38. The number of fused-ring (bicyclic) bond motifs is 1. The molecule has 0 saturated heterocycles.